The molecule has 0 aliphatic carbocycles. The Bertz CT molecular complexity index is 1260. The zero-order valence-electron chi connectivity index (χ0n) is 23.0. The zero-order valence-corrected chi connectivity index (χ0v) is 23.0. The van der Waals surface area contributed by atoms with Gasteiger partial charge in [-0.3, -0.25) is 14.5 Å². The fourth-order valence-electron chi connectivity index (χ4n) is 5.94. The zero-order chi connectivity index (χ0) is 27.2. The molecule has 2 aliphatic rings. The SMILES string of the molecule is CCN1CCC[C@H]1CNC(=O)C1c2ccc(OCc3ccccc3)cc2CCN1C(=O)C(C)c1ccccc1. The average molecular weight is 526 g/mol. The number of carbonyl (C=O) groups is 2. The number of nitrogens with zero attached hydrogens (tertiary/aromatic N) is 2. The summed E-state index contributed by atoms with van der Waals surface area (Å²) >= 11 is 0. The first kappa shape index (κ1) is 26.9. The number of hydrogen-bond donors (Lipinski definition) is 1. The number of carbonyl (C=O) groups excluding carboxylic acids is 2. The highest BCUT2D eigenvalue weighted by atomic mass is 16.5. The highest BCUT2D eigenvalue weighted by Crippen LogP contribution is 2.35. The first-order valence-electron chi connectivity index (χ1n) is 14.2. The number of nitrogens with one attached hydrogen (secondary N) is 1. The second kappa shape index (κ2) is 12.5. The van der Waals surface area contributed by atoms with E-state index in [1.54, 1.807) is 4.90 Å². The van der Waals surface area contributed by atoms with E-state index in [0.29, 0.717) is 32.2 Å². The lowest BCUT2D eigenvalue weighted by Crippen LogP contribution is -2.50. The summed E-state index contributed by atoms with van der Waals surface area (Å²) in [5.41, 5.74) is 4.01. The summed E-state index contributed by atoms with van der Waals surface area (Å²) in [6, 6.07) is 25.5. The lowest BCUT2D eigenvalue weighted by molar-refractivity contribution is -0.142. The first-order valence-corrected chi connectivity index (χ1v) is 14.2. The Morgan fingerprint density at radius 2 is 1.74 bits per heavy atom. The molecule has 6 nitrogen and oxygen atoms in total. The Morgan fingerprint density at radius 1 is 1.00 bits per heavy atom. The van der Waals surface area contributed by atoms with Crippen LogP contribution in [0.1, 0.15) is 60.9 Å². The lowest BCUT2D eigenvalue weighted by Gasteiger charge is -2.38. The van der Waals surface area contributed by atoms with E-state index in [-0.39, 0.29) is 17.7 Å². The van der Waals surface area contributed by atoms with Gasteiger partial charge in [0.25, 0.3) is 0 Å². The third kappa shape index (κ3) is 6.17. The molecule has 3 aromatic rings. The molecular formula is C33H39N3O3. The van der Waals surface area contributed by atoms with Crippen molar-refractivity contribution in [3.63, 3.8) is 0 Å². The monoisotopic (exact) mass is 525 g/mol. The van der Waals surface area contributed by atoms with E-state index >= 15 is 0 Å². The molecule has 3 atom stereocenters. The molecule has 5 rings (SSSR count). The summed E-state index contributed by atoms with van der Waals surface area (Å²) in [6.07, 6.45) is 2.93. The van der Waals surface area contributed by atoms with Gasteiger partial charge < -0.3 is 15.0 Å². The van der Waals surface area contributed by atoms with Crippen molar-refractivity contribution in [3.8, 4) is 5.75 Å². The minimum atomic E-state index is -0.660. The second-order valence-electron chi connectivity index (χ2n) is 10.6. The number of amides is 2. The summed E-state index contributed by atoms with van der Waals surface area (Å²) in [5, 5.41) is 3.22. The average Bonchev–Trinajstić information content (AvgIpc) is 3.46. The molecule has 0 radical (unpaired) electrons. The quantitative estimate of drug-likeness (QED) is 0.423. The fourth-order valence-corrected chi connectivity index (χ4v) is 5.94. The molecule has 1 saturated heterocycles. The van der Waals surface area contributed by atoms with Gasteiger partial charge in [-0.25, -0.2) is 0 Å². The predicted molar refractivity (Wildman–Crippen MR) is 154 cm³/mol. The molecule has 0 saturated carbocycles. The molecule has 0 bridgehead atoms. The van der Waals surface area contributed by atoms with Gasteiger partial charge in [0.05, 0.1) is 5.92 Å². The summed E-state index contributed by atoms with van der Waals surface area (Å²) in [6.45, 7) is 7.74. The van der Waals surface area contributed by atoms with Crippen LogP contribution in [0, 0.1) is 0 Å². The van der Waals surface area contributed by atoms with E-state index in [1.807, 2.05) is 85.8 Å². The van der Waals surface area contributed by atoms with Gasteiger partial charge in [0, 0.05) is 19.1 Å². The van der Waals surface area contributed by atoms with Gasteiger partial charge in [-0.15, -0.1) is 0 Å². The maximum absolute atomic E-state index is 13.8. The molecule has 204 valence electrons. The number of likely N-dealkylation sites (N-methyl/N-ethyl adjacent to an activating group) is 1. The number of fused-ring (bicyclic) bond motifs is 1. The number of rotatable bonds is 9. The summed E-state index contributed by atoms with van der Waals surface area (Å²) in [5.74, 6) is 0.318. The molecule has 39 heavy (non-hydrogen) atoms. The minimum absolute atomic E-state index is 0.0209. The maximum atomic E-state index is 13.8. The largest absolute Gasteiger partial charge is 0.489 e. The Morgan fingerprint density at radius 3 is 2.49 bits per heavy atom. The van der Waals surface area contributed by atoms with Crippen molar-refractivity contribution in [2.75, 3.05) is 26.2 Å². The van der Waals surface area contributed by atoms with Gasteiger partial charge >= 0.3 is 0 Å². The van der Waals surface area contributed by atoms with Gasteiger partial charge in [-0.05, 0) is 73.7 Å². The number of ether oxygens (including phenoxy) is 1. The van der Waals surface area contributed by atoms with Crippen LogP contribution in [0.25, 0.3) is 0 Å². The molecule has 2 aliphatic heterocycles. The van der Waals surface area contributed by atoms with Crippen LogP contribution in [-0.4, -0.2) is 53.8 Å². The van der Waals surface area contributed by atoms with E-state index in [9.17, 15) is 9.59 Å². The van der Waals surface area contributed by atoms with Gasteiger partial charge in [0.2, 0.25) is 11.8 Å². The van der Waals surface area contributed by atoms with E-state index in [0.717, 1.165) is 53.9 Å². The number of likely N-dealkylation sites (tertiary alicyclic amines) is 1. The lowest BCUT2D eigenvalue weighted by atomic mass is 9.89. The third-order valence-corrected chi connectivity index (χ3v) is 8.21. The van der Waals surface area contributed by atoms with Crippen molar-refractivity contribution in [1.82, 2.24) is 15.1 Å². The van der Waals surface area contributed by atoms with Gasteiger partial charge in [-0.1, -0.05) is 73.7 Å². The van der Waals surface area contributed by atoms with Crippen molar-refractivity contribution >= 4 is 11.8 Å². The fraction of sp³-hybridized carbons (Fsp3) is 0.394. The van der Waals surface area contributed by atoms with Crippen molar-refractivity contribution in [3.05, 3.63) is 101 Å². The van der Waals surface area contributed by atoms with Crippen LogP contribution in [0.15, 0.2) is 78.9 Å². The van der Waals surface area contributed by atoms with Crippen molar-refractivity contribution < 1.29 is 14.3 Å². The molecule has 1 fully saturated rings. The highest BCUT2D eigenvalue weighted by molar-refractivity contribution is 5.92. The number of hydrogen-bond acceptors (Lipinski definition) is 4. The standard InChI is InChI=1S/C33H39N3O3/c1-3-35-19-10-15-28(35)22-34-32(37)31-30-17-16-29(39-23-25-11-6-4-7-12-25)21-27(30)18-20-36(31)33(38)24(2)26-13-8-5-9-14-26/h4-9,11-14,16-17,21,24,28,31H,3,10,15,18-20,22-23H2,1-2H3,(H,34,37)/t24?,28-,31?/m0/s1. The molecule has 1 N–H and O–H groups in total. The first-order chi connectivity index (χ1) is 19.0. The van der Waals surface area contributed by atoms with Crippen molar-refractivity contribution in [2.24, 2.45) is 0 Å². The highest BCUT2D eigenvalue weighted by Gasteiger charge is 2.38. The van der Waals surface area contributed by atoms with Crippen LogP contribution in [0.3, 0.4) is 0 Å². The van der Waals surface area contributed by atoms with Crippen molar-refractivity contribution in [2.45, 2.75) is 57.7 Å². The third-order valence-electron chi connectivity index (χ3n) is 8.21. The van der Waals surface area contributed by atoms with Crippen LogP contribution in [0.2, 0.25) is 0 Å². The Hall–Kier alpha value is -3.64. The molecule has 6 heteroatoms. The van der Waals surface area contributed by atoms with Crippen LogP contribution in [0.4, 0.5) is 0 Å². The molecule has 3 aromatic carbocycles. The van der Waals surface area contributed by atoms with E-state index in [1.165, 1.54) is 0 Å². The van der Waals surface area contributed by atoms with Gasteiger partial charge in [0.1, 0.15) is 18.4 Å². The van der Waals surface area contributed by atoms with E-state index < -0.39 is 6.04 Å². The van der Waals surface area contributed by atoms with E-state index in [2.05, 4.69) is 17.1 Å². The summed E-state index contributed by atoms with van der Waals surface area (Å²) < 4.78 is 6.08. The molecule has 2 amide bonds. The Labute approximate surface area is 232 Å². The maximum Gasteiger partial charge on any atom is 0.247 e. The van der Waals surface area contributed by atoms with Crippen molar-refractivity contribution in [1.29, 1.82) is 0 Å². The van der Waals surface area contributed by atoms with Crippen LogP contribution in [-0.2, 0) is 22.6 Å². The summed E-state index contributed by atoms with van der Waals surface area (Å²) in [7, 11) is 0. The molecule has 0 spiro atoms. The molecule has 2 unspecified atom stereocenters. The second-order valence-corrected chi connectivity index (χ2v) is 10.6. The van der Waals surface area contributed by atoms with Gasteiger partial charge in [0.15, 0.2) is 0 Å². The topological polar surface area (TPSA) is 61.9 Å². The number of benzene rings is 3. The predicted octanol–water partition coefficient (Wildman–Crippen LogP) is 5.10. The van der Waals surface area contributed by atoms with Crippen LogP contribution >= 0.6 is 0 Å². The van der Waals surface area contributed by atoms with Gasteiger partial charge in [-0.2, -0.15) is 0 Å². The van der Waals surface area contributed by atoms with Crippen LogP contribution in [0.5, 0.6) is 5.75 Å². The molecular weight excluding hydrogens is 486 g/mol. The van der Waals surface area contributed by atoms with E-state index in [4.69, 9.17) is 4.74 Å². The molecule has 0 aromatic heterocycles. The minimum Gasteiger partial charge on any atom is -0.489 e. The molecule has 2 heterocycles. The van der Waals surface area contributed by atoms with Crippen LogP contribution < -0.4 is 10.1 Å². The Balaban J connectivity index is 1.38. The summed E-state index contributed by atoms with van der Waals surface area (Å²) in [4.78, 5) is 31.9. The smallest absolute Gasteiger partial charge is 0.247 e. The normalized spacial score (nSPS) is 19.8. The Kier molecular flexibility index (Phi) is 8.62.